The quantitative estimate of drug-likeness (QED) is 0.794. The van der Waals surface area contributed by atoms with Crippen molar-refractivity contribution in [2.75, 3.05) is 6.54 Å². The molecule has 0 aromatic carbocycles. The van der Waals surface area contributed by atoms with E-state index in [4.69, 9.17) is 0 Å². The molecule has 1 heterocycles. The lowest BCUT2D eigenvalue weighted by Gasteiger charge is -2.21. The lowest BCUT2D eigenvalue weighted by molar-refractivity contribution is -0.141. The first-order valence-electron chi connectivity index (χ1n) is 7.13. The average molecular weight is 264 g/mol. The van der Waals surface area contributed by atoms with Gasteiger partial charge in [-0.3, -0.25) is 20.0 Å². The maximum Gasteiger partial charge on any atom is 0.242 e. The highest BCUT2D eigenvalue weighted by Crippen LogP contribution is 2.17. The SMILES string of the molecule is CCCC(=O)NN1CCCC(C#CC(C)C)CC1=O. The molecule has 0 aromatic heterocycles. The van der Waals surface area contributed by atoms with Crippen molar-refractivity contribution < 1.29 is 9.59 Å². The molecule has 4 nitrogen and oxygen atoms in total. The first kappa shape index (κ1) is 15.6. The Labute approximate surface area is 115 Å². The minimum Gasteiger partial charge on any atom is -0.273 e. The van der Waals surface area contributed by atoms with Crippen LogP contribution in [0.3, 0.4) is 0 Å². The molecular weight excluding hydrogens is 240 g/mol. The van der Waals surface area contributed by atoms with Gasteiger partial charge in [0, 0.05) is 31.2 Å². The van der Waals surface area contributed by atoms with Crippen LogP contribution in [0.4, 0.5) is 0 Å². The van der Waals surface area contributed by atoms with Crippen LogP contribution in [0.2, 0.25) is 0 Å². The van der Waals surface area contributed by atoms with Crippen LogP contribution in [0.5, 0.6) is 0 Å². The van der Waals surface area contributed by atoms with Gasteiger partial charge in [0.1, 0.15) is 0 Å². The standard InChI is InChI=1S/C15H24N2O2/c1-4-6-14(18)16-17-10-5-7-13(11-15(17)19)9-8-12(2)3/h12-13H,4-7,10-11H2,1-3H3,(H,16,18). The molecule has 0 bridgehead atoms. The Morgan fingerprint density at radius 1 is 1.53 bits per heavy atom. The summed E-state index contributed by atoms with van der Waals surface area (Å²) in [6, 6.07) is 0. The highest BCUT2D eigenvalue weighted by molar-refractivity contribution is 5.82. The molecule has 1 aliphatic rings. The van der Waals surface area contributed by atoms with Gasteiger partial charge >= 0.3 is 0 Å². The molecule has 19 heavy (non-hydrogen) atoms. The second-order valence-corrected chi connectivity index (χ2v) is 5.32. The van der Waals surface area contributed by atoms with Crippen molar-refractivity contribution in [3.05, 3.63) is 0 Å². The van der Waals surface area contributed by atoms with Gasteiger partial charge in [-0.15, -0.1) is 5.92 Å². The van der Waals surface area contributed by atoms with E-state index in [2.05, 4.69) is 17.3 Å². The summed E-state index contributed by atoms with van der Waals surface area (Å²) in [5, 5.41) is 1.47. The number of hydrazine groups is 1. The number of hydrogen-bond donors (Lipinski definition) is 1. The molecule has 0 radical (unpaired) electrons. The minimum atomic E-state index is -0.0810. The molecule has 0 spiro atoms. The van der Waals surface area contributed by atoms with E-state index in [9.17, 15) is 9.59 Å². The molecule has 1 N–H and O–H groups in total. The fourth-order valence-electron chi connectivity index (χ4n) is 2.00. The van der Waals surface area contributed by atoms with Gasteiger partial charge in [-0.2, -0.15) is 0 Å². The average Bonchev–Trinajstić information content (AvgIpc) is 2.50. The number of amides is 2. The first-order valence-corrected chi connectivity index (χ1v) is 7.13. The third kappa shape index (κ3) is 5.78. The van der Waals surface area contributed by atoms with Crippen molar-refractivity contribution in [2.24, 2.45) is 11.8 Å². The fraction of sp³-hybridized carbons (Fsp3) is 0.733. The minimum absolute atomic E-state index is 0.0231. The summed E-state index contributed by atoms with van der Waals surface area (Å²) in [4.78, 5) is 23.6. The molecule has 0 aliphatic carbocycles. The Balaban J connectivity index is 2.55. The van der Waals surface area contributed by atoms with Gasteiger partial charge < -0.3 is 0 Å². The maximum absolute atomic E-state index is 12.1. The highest BCUT2D eigenvalue weighted by Gasteiger charge is 2.23. The molecule has 106 valence electrons. The fourth-order valence-corrected chi connectivity index (χ4v) is 2.00. The monoisotopic (exact) mass is 264 g/mol. The van der Waals surface area contributed by atoms with E-state index >= 15 is 0 Å². The zero-order valence-corrected chi connectivity index (χ0v) is 12.2. The molecule has 1 saturated heterocycles. The van der Waals surface area contributed by atoms with Crippen LogP contribution in [0, 0.1) is 23.7 Å². The second kappa shape index (κ2) is 7.83. The van der Waals surface area contributed by atoms with Crippen molar-refractivity contribution in [3.8, 4) is 11.8 Å². The molecule has 2 amide bonds. The summed E-state index contributed by atoms with van der Waals surface area (Å²) < 4.78 is 0. The van der Waals surface area contributed by atoms with Crippen LogP contribution >= 0.6 is 0 Å². The largest absolute Gasteiger partial charge is 0.273 e. The van der Waals surface area contributed by atoms with Crippen molar-refractivity contribution in [1.29, 1.82) is 0 Å². The summed E-state index contributed by atoms with van der Waals surface area (Å²) in [5.74, 6) is 6.67. The predicted octanol–water partition coefficient (Wildman–Crippen LogP) is 2.11. The van der Waals surface area contributed by atoms with Crippen LogP contribution in [-0.2, 0) is 9.59 Å². The third-order valence-electron chi connectivity index (χ3n) is 2.97. The lowest BCUT2D eigenvalue weighted by Crippen LogP contribution is -2.46. The van der Waals surface area contributed by atoms with E-state index in [1.165, 1.54) is 5.01 Å². The molecule has 1 unspecified atom stereocenters. The van der Waals surface area contributed by atoms with Gasteiger partial charge in [0.15, 0.2) is 0 Å². The Bertz CT molecular complexity index is 379. The first-order chi connectivity index (χ1) is 9.02. The number of hydrogen-bond acceptors (Lipinski definition) is 2. The summed E-state index contributed by atoms with van der Waals surface area (Å²) in [7, 11) is 0. The van der Waals surface area contributed by atoms with Crippen molar-refractivity contribution in [3.63, 3.8) is 0 Å². The molecular formula is C15H24N2O2. The van der Waals surface area contributed by atoms with E-state index in [0.717, 1.165) is 19.3 Å². The number of nitrogens with zero attached hydrogens (tertiary/aromatic N) is 1. The highest BCUT2D eigenvalue weighted by atomic mass is 16.2. The van der Waals surface area contributed by atoms with Gasteiger partial charge in [-0.05, 0) is 19.3 Å². The Kier molecular flexibility index (Phi) is 6.41. The number of carbonyl (C=O) groups excluding carboxylic acids is 2. The van der Waals surface area contributed by atoms with Crippen LogP contribution in [0.15, 0.2) is 0 Å². The van der Waals surface area contributed by atoms with Crippen LogP contribution in [-0.4, -0.2) is 23.4 Å². The number of carbonyl (C=O) groups is 2. The molecule has 1 fully saturated rings. The summed E-state index contributed by atoms with van der Waals surface area (Å²) in [6.45, 7) is 6.63. The Morgan fingerprint density at radius 3 is 2.89 bits per heavy atom. The molecule has 0 aromatic rings. The zero-order chi connectivity index (χ0) is 14.3. The predicted molar refractivity (Wildman–Crippen MR) is 74.7 cm³/mol. The summed E-state index contributed by atoms with van der Waals surface area (Å²) in [6.07, 6.45) is 3.46. The van der Waals surface area contributed by atoms with Gasteiger partial charge in [0.05, 0.1) is 0 Å². The van der Waals surface area contributed by atoms with Gasteiger partial charge in [0.25, 0.3) is 0 Å². The zero-order valence-electron chi connectivity index (χ0n) is 12.2. The van der Waals surface area contributed by atoms with Crippen molar-refractivity contribution >= 4 is 11.8 Å². The van der Waals surface area contributed by atoms with E-state index in [1.54, 1.807) is 0 Å². The number of nitrogens with one attached hydrogen (secondary N) is 1. The van der Waals surface area contributed by atoms with Crippen LogP contribution < -0.4 is 5.43 Å². The lowest BCUT2D eigenvalue weighted by atomic mass is 10.0. The summed E-state index contributed by atoms with van der Waals surface area (Å²) >= 11 is 0. The van der Waals surface area contributed by atoms with Gasteiger partial charge in [-0.1, -0.05) is 26.7 Å². The smallest absolute Gasteiger partial charge is 0.242 e. The molecule has 0 saturated carbocycles. The maximum atomic E-state index is 12.1. The Morgan fingerprint density at radius 2 is 2.26 bits per heavy atom. The molecule has 1 rings (SSSR count). The van der Waals surface area contributed by atoms with E-state index in [1.807, 2.05) is 20.8 Å². The topological polar surface area (TPSA) is 49.4 Å². The third-order valence-corrected chi connectivity index (χ3v) is 2.97. The summed E-state index contributed by atoms with van der Waals surface area (Å²) in [5.41, 5.74) is 2.69. The molecule has 1 aliphatic heterocycles. The van der Waals surface area contributed by atoms with Crippen molar-refractivity contribution in [1.82, 2.24) is 10.4 Å². The molecule has 4 heteroatoms. The van der Waals surface area contributed by atoms with Crippen molar-refractivity contribution in [2.45, 2.75) is 52.9 Å². The van der Waals surface area contributed by atoms with Gasteiger partial charge in [-0.25, -0.2) is 0 Å². The number of rotatable bonds is 3. The van der Waals surface area contributed by atoms with Crippen LogP contribution in [0.25, 0.3) is 0 Å². The second-order valence-electron chi connectivity index (χ2n) is 5.32. The Hall–Kier alpha value is -1.50. The van der Waals surface area contributed by atoms with Gasteiger partial charge in [0.2, 0.25) is 11.8 Å². The van der Waals surface area contributed by atoms with E-state index in [-0.39, 0.29) is 17.7 Å². The molecule has 1 atom stereocenters. The normalized spacial score (nSPS) is 19.7. The van der Waals surface area contributed by atoms with E-state index in [0.29, 0.717) is 25.3 Å². The van der Waals surface area contributed by atoms with Crippen LogP contribution in [0.1, 0.15) is 52.9 Å². The van der Waals surface area contributed by atoms with E-state index < -0.39 is 0 Å².